The summed E-state index contributed by atoms with van der Waals surface area (Å²) in [5, 5.41) is 0. The minimum atomic E-state index is 0.812. The second kappa shape index (κ2) is 4.83. The van der Waals surface area contributed by atoms with Crippen LogP contribution in [0.15, 0.2) is 23.1 Å². The van der Waals surface area contributed by atoms with E-state index >= 15 is 0 Å². The van der Waals surface area contributed by atoms with Gasteiger partial charge in [-0.2, -0.15) is 0 Å². The molecule has 0 spiro atoms. The first-order chi connectivity index (χ1) is 5.11. The summed E-state index contributed by atoms with van der Waals surface area (Å²) in [4.78, 5) is 0. The Bertz CT molecular complexity index is 180. The van der Waals surface area contributed by atoms with E-state index in [-0.39, 0.29) is 0 Å². The zero-order chi connectivity index (χ0) is 8.85. The average Bonchev–Trinajstić information content (AvgIpc) is 2.02. The zero-order valence-electron chi connectivity index (χ0n) is 7.77. The molecule has 64 valence electrons. The second-order valence-electron chi connectivity index (χ2n) is 2.55. The predicted octanol–water partition coefficient (Wildman–Crippen LogP) is 2.18. The lowest BCUT2D eigenvalue weighted by Crippen LogP contribution is -1.98. The molecule has 0 saturated heterocycles. The summed E-state index contributed by atoms with van der Waals surface area (Å²) in [6.45, 7) is 5.99. The van der Waals surface area contributed by atoms with Crippen molar-refractivity contribution >= 4 is 0 Å². The molecule has 0 aromatic rings. The van der Waals surface area contributed by atoms with Gasteiger partial charge in [-0.3, -0.25) is 0 Å². The number of nitrogens with two attached hydrogens (primary N) is 1. The Morgan fingerprint density at radius 1 is 1.45 bits per heavy atom. The van der Waals surface area contributed by atoms with Gasteiger partial charge in [0.05, 0.1) is 12.9 Å². The van der Waals surface area contributed by atoms with Crippen LogP contribution < -0.4 is 5.73 Å². The Morgan fingerprint density at radius 2 is 2.00 bits per heavy atom. The maximum absolute atomic E-state index is 5.73. The van der Waals surface area contributed by atoms with E-state index in [1.165, 1.54) is 5.57 Å². The van der Waals surface area contributed by atoms with Crippen LogP contribution in [0.3, 0.4) is 0 Å². The zero-order valence-corrected chi connectivity index (χ0v) is 7.77. The lowest BCUT2D eigenvalue weighted by Gasteiger charge is -2.02. The SMILES string of the molecule is CC/C(C)=C(N)/C=C(\C)OC. The number of rotatable bonds is 3. The second-order valence-corrected chi connectivity index (χ2v) is 2.55. The molecule has 0 amide bonds. The number of ether oxygens (including phenoxy) is 1. The molecule has 2 N–H and O–H groups in total. The monoisotopic (exact) mass is 155 g/mol. The van der Waals surface area contributed by atoms with E-state index in [1.807, 2.05) is 19.9 Å². The fraction of sp³-hybridized carbons (Fsp3) is 0.556. The predicted molar refractivity (Wildman–Crippen MR) is 47.9 cm³/mol. The van der Waals surface area contributed by atoms with Crippen molar-refractivity contribution in [3.05, 3.63) is 23.1 Å². The van der Waals surface area contributed by atoms with E-state index in [0.29, 0.717) is 0 Å². The summed E-state index contributed by atoms with van der Waals surface area (Å²) < 4.78 is 4.96. The average molecular weight is 155 g/mol. The van der Waals surface area contributed by atoms with Crippen molar-refractivity contribution in [2.75, 3.05) is 7.11 Å². The molecule has 0 bridgehead atoms. The maximum Gasteiger partial charge on any atom is 0.0945 e. The van der Waals surface area contributed by atoms with Gasteiger partial charge in [0.25, 0.3) is 0 Å². The van der Waals surface area contributed by atoms with E-state index in [2.05, 4.69) is 6.92 Å². The van der Waals surface area contributed by atoms with Gasteiger partial charge >= 0.3 is 0 Å². The Kier molecular flexibility index (Phi) is 4.42. The minimum Gasteiger partial charge on any atom is -0.501 e. The molecule has 0 aromatic carbocycles. The van der Waals surface area contributed by atoms with Gasteiger partial charge in [0, 0.05) is 5.70 Å². The Labute approximate surface area is 68.7 Å². The van der Waals surface area contributed by atoms with Gasteiger partial charge in [-0.25, -0.2) is 0 Å². The third kappa shape index (κ3) is 3.71. The van der Waals surface area contributed by atoms with Gasteiger partial charge in [0.1, 0.15) is 0 Å². The van der Waals surface area contributed by atoms with Gasteiger partial charge in [0.2, 0.25) is 0 Å². The third-order valence-corrected chi connectivity index (χ3v) is 1.70. The molecule has 0 radical (unpaired) electrons. The minimum absolute atomic E-state index is 0.812. The van der Waals surface area contributed by atoms with Gasteiger partial charge in [-0.15, -0.1) is 0 Å². The van der Waals surface area contributed by atoms with Crippen molar-refractivity contribution in [2.45, 2.75) is 27.2 Å². The summed E-state index contributed by atoms with van der Waals surface area (Å²) in [5.74, 6) is 0.843. The fourth-order valence-corrected chi connectivity index (χ4v) is 0.605. The van der Waals surface area contributed by atoms with E-state index in [9.17, 15) is 0 Å². The molecule has 11 heavy (non-hydrogen) atoms. The molecule has 2 heteroatoms. The highest BCUT2D eigenvalue weighted by molar-refractivity contribution is 5.22. The van der Waals surface area contributed by atoms with Crippen LogP contribution in [-0.2, 0) is 4.74 Å². The molecule has 0 saturated carbocycles. The van der Waals surface area contributed by atoms with Gasteiger partial charge in [-0.05, 0) is 26.3 Å². The van der Waals surface area contributed by atoms with Crippen molar-refractivity contribution in [1.82, 2.24) is 0 Å². The van der Waals surface area contributed by atoms with Crippen LogP contribution >= 0.6 is 0 Å². The number of methoxy groups -OCH3 is 1. The van der Waals surface area contributed by atoms with E-state index < -0.39 is 0 Å². The molecule has 0 fully saturated rings. The summed E-state index contributed by atoms with van der Waals surface area (Å²) in [5.41, 5.74) is 7.74. The van der Waals surface area contributed by atoms with E-state index in [4.69, 9.17) is 10.5 Å². The Balaban J connectivity index is 4.37. The molecule has 2 nitrogen and oxygen atoms in total. The molecule has 0 aliphatic carbocycles. The molecule has 0 atom stereocenters. The van der Waals surface area contributed by atoms with Crippen molar-refractivity contribution in [3.8, 4) is 0 Å². The summed E-state index contributed by atoms with van der Waals surface area (Å²) in [6.07, 6.45) is 2.83. The third-order valence-electron chi connectivity index (χ3n) is 1.70. The summed E-state index contributed by atoms with van der Waals surface area (Å²) in [6, 6.07) is 0. The summed E-state index contributed by atoms with van der Waals surface area (Å²) in [7, 11) is 1.64. The first kappa shape index (κ1) is 10.1. The number of hydrogen-bond donors (Lipinski definition) is 1. The molecular weight excluding hydrogens is 138 g/mol. The van der Waals surface area contributed by atoms with Crippen LogP contribution in [0.2, 0.25) is 0 Å². The van der Waals surface area contributed by atoms with Gasteiger partial charge in [0.15, 0.2) is 0 Å². The van der Waals surface area contributed by atoms with Crippen LogP contribution in [0.4, 0.5) is 0 Å². The molecular formula is C9H17NO. The van der Waals surface area contributed by atoms with Crippen LogP contribution in [0.25, 0.3) is 0 Å². The van der Waals surface area contributed by atoms with Gasteiger partial charge in [-0.1, -0.05) is 12.5 Å². The molecule has 0 aliphatic heterocycles. The molecule has 0 aliphatic rings. The van der Waals surface area contributed by atoms with Crippen LogP contribution in [0, 0.1) is 0 Å². The Morgan fingerprint density at radius 3 is 2.36 bits per heavy atom. The van der Waals surface area contributed by atoms with Crippen molar-refractivity contribution < 1.29 is 4.74 Å². The largest absolute Gasteiger partial charge is 0.501 e. The topological polar surface area (TPSA) is 35.2 Å². The lowest BCUT2D eigenvalue weighted by atomic mass is 10.2. The Hall–Kier alpha value is -0.920. The number of hydrogen-bond acceptors (Lipinski definition) is 2. The first-order valence-electron chi connectivity index (χ1n) is 3.79. The van der Waals surface area contributed by atoms with Crippen molar-refractivity contribution in [2.24, 2.45) is 5.73 Å². The highest BCUT2D eigenvalue weighted by Gasteiger charge is 1.92. The summed E-state index contributed by atoms with van der Waals surface area (Å²) >= 11 is 0. The standard InChI is InChI=1S/C9H17NO/c1-5-7(2)9(10)6-8(3)11-4/h6H,5,10H2,1-4H3/b8-6+,9-7-. The highest BCUT2D eigenvalue weighted by atomic mass is 16.5. The molecule has 0 aromatic heterocycles. The maximum atomic E-state index is 5.73. The van der Waals surface area contributed by atoms with Crippen molar-refractivity contribution in [3.63, 3.8) is 0 Å². The highest BCUT2D eigenvalue weighted by Crippen LogP contribution is 2.06. The van der Waals surface area contributed by atoms with E-state index in [1.54, 1.807) is 7.11 Å². The quantitative estimate of drug-likeness (QED) is 0.501. The molecule has 0 heterocycles. The van der Waals surface area contributed by atoms with Gasteiger partial charge < -0.3 is 10.5 Å². The van der Waals surface area contributed by atoms with Crippen LogP contribution in [-0.4, -0.2) is 7.11 Å². The van der Waals surface area contributed by atoms with E-state index in [0.717, 1.165) is 17.9 Å². The number of allylic oxidation sites excluding steroid dienone is 3. The lowest BCUT2D eigenvalue weighted by molar-refractivity contribution is 0.293. The van der Waals surface area contributed by atoms with Crippen molar-refractivity contribution in [1.29, 1.82) is 0 Å². The van der Waals surface area contributed by atoms with Crippen LogP contribution in [0.5, 0.6) is 0 Å². The molecule has 0 rings (SSSR count). The normalized spacial score (nSPS) is 14.4. The molecule has 0 unspecified atom stereocenters. The van der Waals surface area contributed by atoms with Crippen LogP contribution in [0.1, 0.15) is 27.2 Å². The fourth-order valence-electron chi connectivity index (χ4n) is 0.605. The first-order valence-corrected chi connectivity index (χ1v) is 3.79. The smallest absolute Gasteiger partial charge is 0.0945 e.